The molecule has 1 fully saturated rings. The molecule has 2 N–H and O–H groups in total. The van der Waals surface area contributed by atoms with Crippen molar-refractivity contribution in [3.63, 3.8) is 0 Å². The van der Waals surface area contributed by atoms with E-state index in [4.69, 9.17) is 4.74 Å². The van der Waals surface area contributed by atoms with Gasteiger partial charge in [-0.3, -0.25) is 4.79 Å². The SMILES string of the molecule is CN(C)CCOc1ccc(NC(=O)C2CCCCN2)cc1.Cl.Cl. The predicted octanol–water partition coefficient (Wildman–Crippen LogP) is 2.55. The van der Waals surface area contributed by atoms with Crippen LogP contribution in [0, 0.1) is 0 Å². The zero-order valence-electron chi connectivity index (χ0n) is 13.7. The van der Waals surface area contributed by atoms with Gasteiger partial charge in [-0.2, -0.15) is 0 Å². The van der Waals surface area contributed by atoms with Crippen LogP contribution >= 0.6 is 24.8 Å². The van der Waals surface area contributed by atoms with E-state index in [1.807, 2.05) is 38.4 Å². The lowest BCUT2D eigenvalue weighted by Crippen LogP contribution is -2.43. The van der Waals surface area contributed by atoms with Crippen LogP contribution < -0.4 is 15.4 Å². The van der Waals surface area contributed by atoms with E-state index < -0.39 is 0 Å². The smallest absolute Gasteiger partial charge is 0.241 e. The molecule has 7 heteroatoms. The average Bonchev–Trinajstić information content (AvgIpc) is 2.49. The number of carbonyl (C=O) groups excluding carboxylic acids is 1. The van der Waals surface area contributed by atoms with Gasteiger partial charge in [-0.1, -0.05) is 6.42 Å². The molecule has 5 nitrogen and oxygen atoms in total. The fraction of sp³-hybridized carbons (Fsp3) is 0.562. The van der Waals surface area contributed by atoms with Crippen LogP contribution in [0.3, 0.4) is 0 Å². The molecule has 1 unspecified atom stereocenters. The Morgan fingerprint density at radius 1 is 1.26 bits per heavy atom. The number of piperidine rings is 1. The Morgan fingerprint density at radius 2 is 1.96 bits per heavy atom. The van der Waals surface area contributed by atoms with E-state index in [2.05, 4.69) is 15.5 Å². The molecule has 1 aliphatic rings. The normalized spacial score (nSPS) is 16.9. The summed E-state index contributed by atoms with van der Waals surface area (Å²) in [4.78, 5) is 14.2. The summed E-state index contributed by atoms with van der Waals surface area (Å²) in [5, 5.41) is 6.20. The molecular weight excluding hydrogens is 337 g/mol. The second-order valence-corrected chi connectivity index (χ2v) is 5.67. The summed E-state index contributed by atoms with van der Waals surface area (Å²) in [5.74, 6) is 0.876. The molecule has 1 amide bonds. The maximum atomic E-state index is 12.1. The fourth-order valence-corrected chi connectivity index (χ4v) is 2.29. The van der Waals surface area contributed by atoms with E-state index in [0.29, 0.717) is 6.61 Å². The quantitative estimate of drug-likeness (QED) is 0.815. The number of halogens is 2. The first kappa shape index (κ1) is 22.0. The standard InChI is InChI=1S/C16H25N3O2.2ClH/c1-19(2)11-12-21-14-8-6-13(7-9-14)18-16(20)15-5-3-4-10-17-15;;/h6-9,15,17H,3-5,10-12H2,1-2H3,(H,18,20);2*1H. The van der Waals surface area contributed by atoms with Crippen LogP contribution in [-0.2, 0) is 4.79 Å². The van der Waals surface area contributed by atoms with Gasteiger partial charge in [0.1, 0.15) is 12.4 Å². The summed E-state index contributed by atoms with van der Waals surface area (Å²) in [6.07, 6.45) is 3.18. The summed E-state index contributed by atoms with van der Waals surface area (Å²) in [7, 11) is 4.03. The number of benzene rings is 1. The van der Waals surface area contributed by atoms with Crippen LogP contribution in [-0.4, -0.2) is 50.6 Å². The number of nitrogens with zero attached hydrogens (tertiary/aromatic N) is 1. The van der Waals surface area contributed by atoms with Crippen molar-refractivity contribution in [2.75, 3.05) is 39.1 Å². The summed E-state index contributed by atoms with van der Waals surface area (Å²) in [6.45, 7) is 2.47. The highest BCUT2D eigenvalue weighted by Gasteiger charge is 2.20. The number of anilines is 1. The van der Waals surface area contributed by atoms with Gasteiger partial charge >= 0.3 is 0 Å². The molecule has 0 saturated carbocycles. The van der Waals surface area contributed by atoms with Gasteiger partial charge in [-0.05, 0) is 57.7 Å². The maximum Gasteiger partial charge on any atom is 0.241 e. The molecular formula is C16H27Cl2N3O2. The summed E-state index contributed by atoms with van der Waals surface area (Å²) >= 11 is 0. The van der Waals surface area contributed by atoms with E-state index >= 15 is 0 Å². The number of amides is 1. The number of ether oxygens (including phenoxy) is 1. The molecule has 1 heterocycles. The van der Waals surface area contributed by atoms with Crippen molar-refractivity contribution in [1.82, 2.24) is 10.2 Å². The second kappa shape index (κ2) is 11.5. The zero-order valence-corrected chi connectivity index (χ0v) is 15.3. The number of hydrogen-bond donors (Lipinski definition) is 2. The molecule has 1 atom stereocenters. The van der Waals surface area contributed by atoms with Crippen molar-refractivity contribution in [2.45, 2.75) is 25.3 Å². The molecule has 1 saturated heterocycles. The van der Waals surface area contributed by atoms with Gasteiger partial charge in [0.15, 0.2) is 0 Å². The highest BCUT2D eigenvalue weighted by atomic mass is 35.5. The van der Waals surface area contributed by atoms with Gasteiger partial charge in [0.25, 0.3) is 0 Å². The number of likely N-dealkylation sites (N-methyl/N-ethyl adjacent to an activating group) is 1. The van der Waals surface area contributed by atoms with Gasteiger partial charge in [0.05, 0.1) is 6.04 Å². The molecule has 132 valence electrons. The van der Waals surface area contributed by atoms with Crippen LogP contribution in [0.2, 0.25) is 0 Å². The van der Waals surface area contributed by atoms with Crippen molar-refractivity contribution in [3.05, 3.63) is 24.3 Å². The van der Waals surface area contributed by atoms with E-state index in [1.165, 1.54) is 0 Å². The molecule has 1 aliphatic heterocycles. The Labute approximate surface area is 151 Å². The Morgan fingerprint density at radius 3 is 2.52 bits per heavy atom. The Hall–Kier alpha value is -1.01. The number of nitrogens with one attached hydrogen (secondary N) is 2. The van der Waals surface area contributed by atoms with E-state index in [9.17, 15) is 4.79 Å². The van der Waals surface area contributed by atoms with Crippen LogP contribution in [0.15, 0.2) is 24.3 Å². The number of hydrogen-bond acceptors (Lipinski definition) is 4. The highest BCUT2D eigenvalue weighted by molar-refractivity contribution is 5.94. The van der Waals surface area contributed by atoms with Gasteiger partial charge in [-0.15, -0.1) is 24.8 Å². The summed E-state index contributed by atoms with van der Waals surface area (Å²) in [6, 6.07) is 7.48. The van der Waals surface area contributed by atoms with Gasteiger partial charge in [0.2, 0.25) is 5.91 Å². The lowest BCUT2D eigenvalue weighted by molar-refractivity contribution is -0.118. The number of rotatable bonds is 6. The Balaban J connectivity index is 0.00000242. The molecule has 0 bridgehead atoms. The van der Waals surface area contributed by atoms with Crippen molar-refractivity contribution in [2.24, 2.45) is 0 Å². The predicted molar refractivity (Wildman–Crippen MR) is 99.3 cm³/mol. The molecule has 0 radical (unpaired) electrons. The van der Waals surface area contributed by atoms with Gasteiger partial charge in [0, 0.05) is 12.2 Å². The van der Waals surface area contributed by atoms with Crippen LogP contribution in [0.5, 0.6) is 5.75 Å². The molecule has 0 spiro atoms. The lowest BCUT2D eigenvalue weighted by atomic mass is 10.0. The Kier molecular flexibility index (Phi) is 11.0. The third-order valence-corrected chi connectivity index (χ3v) is 3.56. The second-order valence-electron chi connectivity index (χ2n) is 5.67. The monoisotopic (exact) mass is 363 g/mol. The largest absolute Gasteiger partial charge is 0.492 e. The first-order chi connectivity index (χ1) is 10.1. The molecule has 0 aromatic heterocycles. The van der Waals surface area contributed by atoms with Crippen LogP contribution in [0.4, 0.5) is 5.69 Å². The maximum absolute atomic E-state index is 12.1. The minimum absolute atomic E-state index is 0. The van der Waals surface area contributed by atoms with E-state index in [1.54, 1.807) is 0 Å². The third kappa shape index (κ3) is 7.88. The lowest BCUT2D eigenvalue weighted by Gasteiger charge is -2.22. The fourth-order valence-electron chi connectivity index (χ4n) is 2.29. The average molecular weight is 364 g/mol. The molecule has 2 rings (SSSR count). The van der Waals surface area contributed by atoms with Crippen molar-refractivity contribution in [3.8, 4) is 5.75 Å². The van der Waals surface area contributed by atoms with E-state index in [0.717, 1.165) is 43.8 Å². The minimum atomic E-state index is -0.0604. The first-order valence-electron chi connectivity index (χ1n) is 7.57. The van der Waals surface area contributed by atoms with Crippen LogP contribution in [0.1, 0.15) is 19.3 Å². The van der Waals surface area contributed by atoms with Crippen molar-refractivity contribution in [1.29, 1.82) is 0 Å². The van der Waals surface area contributed by atoms with Crippen molar-refractivity contribution >= 4 is 36.4 Å². The topological polar surface area (TPSA) is 53.6 Å². The highest BCUT2D eigenvalue weighted by Crippen LogP contribution is 2.17. The van der Waals surface area contributed by atoms with Crippen molar-refractivity contribution < 1.29 is 9.53 Å². The summed E-state index contributed by atoms with van der Waals surface area (Å²) in [5.41, 5.74) is 0.812. The Bertz CT molecular complexity index is 449. The van der Waals surface area contributed by atoms with Crippen LogP contribution in [0.25, 0.3) is 0 Å². The van der Waals surface area contributed by atoms with Gasteiger partial charge < -0.3 is 20.3 Å². The molecule has 23 heavy (non-hydrogen) atoms. The molecule has 0 aliphatic carbocycles. The zero-order chi connectivity index (χ0) is 15.1. The third-order valence-electron chi connectivity index (χ3n) is 3.56. The first-order valence-corrected chi connectivity index (χ1v) is 7.57. The van der Waals surface area contributed by atoms with Gasteiger partial charge in [-0.25, -0.2) is 0 Å². The molecule has 1 aromatic rings. The molecule has 1 aromatic carbocycles. The summed E-state index contributed by atoms with van der Waals surface area (Å²) < 4.78 is 5.63. The number of carbonyl (C=O) groups is 1. The minimum Gasteiger partial charge on any atom is -0.492 e. The van der Waals surface area contributed by atoms with E-state index in [-0.39, 0.29) is 36.8 Å².